The van der Waals surface area contributed by atoms with Gasteiger partial charge >= 0.3 is 5.97 Å². The summed E-state index contributed by atoms with van der Waals surface area (Å²) in [4.78, 5) is 17.0. The molecular weight excluding hydrogens is 512 g/mol. The van der Waals surface area contributed by atoms with Gasteiger partial charge in [-0.2, -0.15) is 0 Å². The third kappa shape index (κ3) is 9.17. The van der Waals surface area contributed by atoms with Gasteiger partial charge in [0.1, 0.15) is 5.82 Å². The average molecular weight is 553 g/mol. The molecule has 1 aromatic heterocycles. The number of aliphatic carboxylic acids is 1. The molecule has 0 radical (unpaired) electrons. The number of unbranched alkanes of at least 4 members (excludes halogenated alkanes) is 7. The van der Waals surface area contributed by atoms with Crippen LogP contribution in [0.1, 0.15) is 80.9 Å². The van der Waals surface area contributed by atoms with Crippen LogP contribution < -0.4 is 9.47 Å². The van der Waals surface area contributed by atoms with Gasteiger partial charge in [0.2, 0.25) is 0 Å². The number of carboxylic acids is 1. The highest BCUT2D eigenvalue weighted by Crippen LogP contribution is 2.29. The van der Waals surface area contributed by atoms with Crippen LogP contribution in [0, 0.1) is 0 Å². The second-order valence-corrected chi connectivity index (χ2v) is 10.2. The van der Waals surface area contributed by atoms with Gasteiger partial charge in [0.05, 0.1) is 32.7 Å². The number of hydrogen-bond donors (Lipinski definition) is 1. The normalized spacial score (nSPS) is 11.5. The SMILES string of the molecule is CCCCCCCCCCc1ncc(C=C(Cc2ccc(OC)c(OC)c2)C(=O)O)n1Cc1ccccc1Cl. The fourth-order valence-corrected chi connectivity index (χ4v) is 4.91. The molecule has 3 aromatic rings. The Hall–Kier alpha value is -3.25. The first-order valence-corrected chi connectivity index (χ1v) is 14.3. The lowest BCUT2D eigenvalue weighted by Gasteiger charge is -2.13. The van der Waals surface area contributed by atoms with Gasteiger partial charge < -0.3 is 19.1 Å². The maximum absolute atomic E-state index is 12.3. The molecule has 0 aliphatic rings. The quantitative estimate of drug-likeness (QED) is 0.136. The second kappa shape index (κ2) is 16.0. The Morgan fingerprint density at radius 3 is 2.33 bits per heavy atom. The number of benzene rings is 2. The molecule has 1 heterocycles. The topological polar surface area (TPSA) is 73.6 Å². The number of nitrogens with zero attached hydrogens (tertiary/aromatic N) is 2. The van der Waals surface area contributed by atoms with E-state index in [0.717, 1.165) is 41.9 Å². The predicted octanol–water partition coefficient (Wildman–Crippen LogP) is 8.00. The first kappa shape index (κ1) is 30.3. The molecule has 3 rings (SSSR count). The Morgan fingerprint density at radius 2 is 1.67 bits per heavy atom. The Balaban J connectivity index is 1.82. The van der Waals surface area contributed by atoms with E-state index < -0.39 is 5.97 Å². The number of methoxy groups -OCH3 is 2. The molecule has 0 saturated carbocycles. The molecule has 0 unspecified atom stereocenters. The fraction of sp³-hybridized carbons (Fsp3) is 0.438. The van der Waals surface area contributed by atoms with Crippen molar-refractivity contribution in [1.82, 2.24) is 9.55 Å². The number of aromatic nitrogens is 2. The van der Waals surface area contributed by atoms with Crippen molar-refractivity contribution >= 4 is 23.6 Å². The summed E-state index contributed by atoms with van der Waals surface area (Å²) in [7, 11) is 3.14. The zero-order valence-corrected chi connectivity index (χ0v) is 24.2. The molecule has 0 aliphatic carbocycles. The molecular formula is C32H41ClN2O4. The Morgan fingerprint density at radius 1 is 0.974 bits per heavy atom. The molecule has 0 bridgehead atoms. The lowest BCUT2D eigenvalue weighted by molar-refractivity contribution is -0.132. The largest absolute Gasteiger partial charge is 0.493 e. The van der Waals surface area contributed by atoms with E-state index in [0.29, 0.717) is 23.1 Å². The monoisotopic (exact) mass is 552 g/mol. The summed E-state index contributed by atoms with van der Waals surface area (Å²) in [5, 5.41) is 10.7. The Kier molecular flexibility index (Phi) is 12.4. The van der Waals surface area contributed by atoms with E-state index in [2.05, 4.69) is 11.5 Å². The minimum absolute atomic E-state index is 0.236. The van der Waals surface area contributed by atoms with Crippen molar-refractivity contribution in [1.29, 1.82) is 0 Å². The summed E-state index contributed by atoms with van der Waals surface area (Å²) < 4.78 is 12.8. The lowest BCUT2D eigenvalue weighted by Crippen LogP contribution is -2.10. The maximum Gasteiger partial charge on any atom is 0.331 e. The van der Waals surface area contributed by atoms with Gasteiger partial charge in [0.25, 0.3) is 0 Å². The number of imidazole rings is 1. The van der Waals surface area contributed by atoms with Crippen LogP contribution >= 0.6 is 11.6 Å². The molecule has 0 spiro atoms. The van der Waals surface area contributed by atoms with Crippen molar-refractivity contribution < 1.29 is 19.4 Å². The predicted molar refractivity (Wildman–Crippen MR) is 158 cm³/mol. The standard InChI is InChI=1S/C32H41ClN2O4/c1-4-5-6-7-8-9-10-11-16-31-34-22-27(35(31)23-25-14-12-13-15-28(25)33)21-26(32(36)37)19-24-17-18-29(38-2)30(20-24)39-3/h12-15,17-18,20-22H,4-11,16,19,23H2,1-3H3,(H,36,37). The molecule has 0 aliphatic heterocycles. The van der Waals surface area contributed by atoms with Gasteiger partial charge in [-0.3, -0.25) is 0 Å². The van der Waals surface area contributed by atoms with Crippen molar-refractivity contribution in [3.8, 4) is 11.5 Å². The molecule has 39 heavy (non-hydrogen) atoms. The van der Waals surface area contributed by atoms with Crippen LogP contribution in [0.3, 0.4) is 0 Å². The number of ether oxygens (including phenoxy) is 2. The van der Waals surface area contributed by atoms with Crippen molar-refractivity contribution in [2.75, 3.05) is 14.2 Å². The van der Waals surface area contributed by atoms with E-state index >= 15 is 0 Å². The summed E-state index contributed by atoms with van der Waals surface area (Å²) >= 11 is 6.49. The summed E-state index contributed by atoms with van der Waals surface area (Å²) in [6.07, 6.45) is 14.5. The van der Waals surface area contributed by atoms with Crippen molar-refractivity contribution in [3.63, 3.8) is 0 Å². The number of carboxylic acid groups (broad SMARTS) is 1. The molecule has 1 N–H and O–H groups in total. The van der Waals surface area contributed by atoms with Crippen LogP contribution in [-0.2, 0) is 24.2 Å². The number of aryl methyl sites for hydroxylation is 1. The van der Waals surface area contributed by atoms with Crippen LogP contribution in [0.25, 0.3) is 6.08 Å². The van der Waals surface area contributed by atoms with Crippen molar-refractivity contribution in [2.45, 2.75) is 77.7 Å². The van der Waals surface area contributed by atoms with Crippen LogP contribution in [-0.4, -0.2) is 34.8 Å². The minimum Gasteiger partial charge on any atom is -0.493 e. The molecule has 0 saturated heterocycles. The smallest absolute Gasteiger partial charge is 0.331 e. The highest BCUT2D eigenvalue weighted by Gasteiger charge is 2.16. The van der Waals surface area contributed by atoms with Gasteiger partial charge in [-0.15, -0.1) is 0 Å². The van der Waals surface area contributed by atoms with E-state index in [9.17, 15) is 9.90 Å². The molecule has 7 heteroatoms. The van der Waals surface area contributed by atoms with Gasteiger partial charge in [0.15, 0.2) is 11.5 Å². The number of carbonyl (C=O) groups is 1. The van der Waals surface area contributed by atoms with Crippen molar-refractivity contribution in [2.24, 2.45) is 0 Å². The molecule has 6 nitrogen and oxygen atoms in total. The van der Waals surface area contributed by atoms with Gasteiger partial charge in [-0.1, -0.05) is 87.7 Å². The van der Waals surface area contributed by atoms with E-state index in [1.807, 2.05) is 36.4 Å². The second-order valence-electron chi connectivity index (χ2n) is 9.84. The summed E-state index contributed by atoms with van der Waals surface area (Å²) in [6, 6.07) is 13.2. The third-order valence-corrected chi connectivity index (χ3v) is 7.32. The lowest BCUT2D eigenvalue weighted by atomic mass is 10.0. The van der Waals surface area contributed by atoms with Crippen LogP contribution in [0.2, 0.25) is 5.02 Å². The van der Waals surface area contributed by atoms with E-state index in [1.165, 1.54) is 38.5 Å². The fourth-order valence-electron chi connectivity index (χ4n) is 4.72. The van der Waals surface area contributed by atoms with Gasteiger partial charge in [-0.25, -0.2) is 9.78 Å². The Labute approximate surface area is 237 Å². The number of rotatable bonds is 17. The molecule has 2 aromatic carbocycles. The number of hydrogen-bond acceptors (Lipinski definition) is 4. The van der Waals surface area contributed by atoms with Crippen LogP contribution in [0.5, 0.6) is 11.5 Å². The van der Waals surface area contributed by atoms with E-state index in [-0.39, 0.29) is 12.0 Å². The maximum atomic E-state index is 12.3. The molecule has 0 fully saturated rings. The van der Waals surface area contributed by atoms with E-state index in [4.69, 9.17) is 26.1 Å². The zero-order chi connectivity index (χ0) is 28.0. The highest BCUT2D eigenvalue weighted by atomic mass is 35.5. The summed E-state index contributed by atoms with van der Waals surface area (Å²) in [5.41, 5.74) is 2.81. The third-order valence-electron chi connectivity index (χ3n) is 6.95. The Bertz CT molecular complexity index is 1230. The number of halogens is 1. The molecule has 0 amide bonds. The van der Waals surface area contributed by atoms with Crippen LogP contribution in [0.15, 0.2) is 54.2 Å². The minimum atomic E-state index is -0.972. The summed E-state index contributed by atoms with van der Waals surface area (Å²) in [6.45, 7) is 2.77. The van der Waals surface area contributed by atoms with Crippen molar-refractivity contribution in [3.05, 3.63) is 81.9 Å². The average Bonchev–Trinajstić information content (AvgIpc) is 3.31. The molecule has 210 valence electrons. The summed E-state index contributed by atoms with van der Waals surface area (Å²) in [5.74, 6) is 1.14. The first-order chi connectivity index (χ1) is 19.0. The first-order valence-electron chi connectivity index (χ1n) is 13.9. The highest BCUT2D eigenvalue weighted by molar-refractivity contribution is 6.31. The van der Waals surface area contributed by atoms with Gasteiger partial charge in [-0.05, 0) is 41.8 Å². The zero-order valence-electron chi connectivity index (χ0n) is 23.4. The molecule has 0 atom stereocenters. The van der Waals surface area contributed by atoms with Gasteiger partial charge in [0, 0.05) is 23.4 Å². The van der Waals surface area contributed by atoms with Crippen LogP contribution in [0.4, 0.5) is 0 Å². The van der Waals surface area contributed by atoms with E-state index in [1.54, 1.807) is 32.6 Å².